The molecule has 2 aliphatic rings. The van der Waals surface area contributed by atoms with Gasteiger partial charge in [0.15, 0.2) is 0 Å². The molecule has 0 aromatic rings. The van der Waals surface area contributed by atoms with E-state index in [0.29, 0.717) is 12.2 Å². The van der Waals surface area contributed by atoms with Gasteiger partial charge in [-0.3, -0.25) is 9.59 Å². The lowest BCUT2D eigenvalue weighted by molar-refractivity contribution is -0.152. The number of carbonyl (C=O) groups is 3. The van der Waals surface area contributed by atoms with Crippen molar-refractivity contribution in [2.45, 2.75) is 70.2 Å². The maximum absolute atomic E-state index is 13.5. The van der Waals surface area contributed by atoms with Gasteiger partial charge in [0.1, 0.15) is 12.1 Å². The number of hydrogen-bond donors (Lipinski definition) is 3. The number of rotatable bonds is 5. The molecule has 0 aromatic carbocycles. The van der Waals surface area contributed by atoms with Gasteiger partial charge in [0.05, 0.1) is 5.37 Å². The van der Waals surface area contributed by atoms with Crippen LogP contribution in [0.15, 0.2) is 0 Å². The van der Waals surface area contributed by atoms with E-state index in [1.54, 1.807) is 11.8 Å². The quantitative estimate of drug-likeness (QED) is 0.600. The number of carboxylic acids is 1. The monoisotopic (exact) mass is 416 g/mol. The minimum absolute atomic E-state index is 0.0855. The van der Waals surface area contributed by atoms with Crippen LogP contribution in [-0.2, 0) is 14.4 Å². The van der Waals surface area contributed by atoms with E-state index in [1.165, 1.54) is 4.90 Å². The van der Waals surface area contributed by atoms with Crippen LogP contribution in [0.5, 0.6) is 0 Å². The minimum Gasteiger partial charge on any atom is -0.480 e. The number of amides is 2. The third-order valence-electron chi connectivity index (χ3n) is 6.41. The molecule has 2 heterocycles. The summed E-state index contributed by atoms with van der Waals surface area (Å²) in [6.07, 6.45) is 0.642. The molecule has 0 saturated carbocycles. The van der Waals surface area contributed by atoms with Crippen molar-refractivity contribution in [2.75, 3.05) is 5.75 Å². The molecule has 2 N–H and O–H groups in total. The normalized spacial score (nSPS) is 36.7. The summed E-state index contributed by atoms with van der Waals surface area (Å²) in [6, 6.07) is -1.63. The summed E-state index contributed by atoms with van der Waals surface area (Å²) in [4.78, 5) is 39.7. The number of carboxylic acid groups (broad SMARTS) is 1. The molecule has 2 amide bonds. The molecule has 27 heavy (non-hydrogen) atoms. The van der Waals surface area contributed by atoms with Crippen molar-refractivity contribution in [2.24, 2.45) is 23.7 Å². The maximum atomic E-state index is 13.5. The fraction of sp³-hybridized carbons (Fsp3) is 0.842. The number of aliphatic carboxylic acids is 1. The second-order valence-electron chi connectivity index (χ2n) is 8.45. The standard InChI is InChI=1S/C19H32N2O4S2/c1-7-12(8-26)15(22)20-13-10(3)9(2)11(4)17-21(16(13)23)14(18(24)25)19(5,6)27-17/h9-14,17,26H,7-8H2,1-6H3,(H,20,22)(H,24,25). The zero-order chi connectivity index (χ0) is 20.7. The van der Waals surface area contributed by atoms with E-state index >= 15 is 0 Å². The Hall–Kier alpha value is -0.890. The van der Waals surface area contributed by atoms with Gasteiger partial charge in [0, 0.05) is 16.4 Å². The first-order valence-corrected chi connectivity index (χ1v) is 11.1. The zero-order valence-electron chi connectivity index (χ0n) is 16.9. The van der Waals surface area contributed by atoms with E-state index in [9.17, 15) is 19.5 Å². The second kappa shape index (κ2) is 8.23. The van der Waals surface area contributed by atoms with E-state index in [0.717, 1.165) is 0 Å². The van der Waals surface area contributed by atoms with E-state index in [2.05, 4.69) is 31.8 Å². The molecule has 7 atom stereocenters. The Morgan fingerprint density at radius 3 is 2.33 bits per heavy atom. The summed E-state index contributed by atoms with van der Waals surface area (Å²) in [6.45, 7) is 11.8. The van der Waals surface area contributed by atoms with E-state index in [4.69, 9.17) is 0 Å². The summed E-state index contributed by atoms with van der Waals surface area (Å²) in [7, 11) is 0. The van der Waals surface area contributed by atoms with Gasteiger partial charge in [0.25, 0.3) is 0 Å². The molecule has 8 heteroatoms. The highest BCUT2D eigenvalue weighted by Crippen LogP contribution is 2.51. The maximum Gasteiger partial charge on any atom is 0.327 e. The summed E-state index contributed by atoms with van der Waals surface area (Å²) in [5.41, 5.74) is 0. The number of thioether (sulfide) groups is 1. The lowest BCUT2D eigenvalue weighted by Crippen LogP contribution is -2.58. The first kappa shape index (κ1) is 22.4. The Morgan fingerprint density at radius 2 is 1.85 bits per heavy atom. The molecule has 0 bridgehead atoms. The number of thiol groups is 1. The van der Waals surface area contributed by atoms with Crippen LogP contribution in [0.2, 0.25) is 0 Å². The zero-order valence-corrected chi connectivity index (χ0v) is 18.6. The van der Waals surface area contributed by atoms with Crippen LogP contribution < -0.4 is 5.32 Å². The molecule has 6 nitrogen and oxygen atoms in total. The van der Waals surface area contributed by atoms with Crippen LogP contribution in [-0.4, -0.2) is 55.7 Å². The molecule has 2 fully saturated rings. The van der Waals surface area contributed by atoms with Crippen LogP contribution in [0, 0.1) is 23.7 Å². The van der Waals surface area contributed by atoms with E-state index in [-0.39, 0.29) is 40.9 Å². The first-order valence-electron chi connectivity index (χ1n) is 9.61. The van der Waals surface area contributed by atoms with Crippen molar-refractivity contribution in [3.8, 4) is 0 Å². The SMILES string of the molecule is CCC(CS)C(=O)NC1C(=O)N2C(SC(C)(C)C2C(=O)O)C(C)C(C)C1C. The fourth-order valence-corrected chi connectivity index (χ4v) is 6.42. The summed E-state index contributed by atoms with van der Waals surface area (Å²) in [5, 5.41) is 12.6. The molecular weight excluding hydrogens is 384 g/mol. The van der Waals surface area contributed by atoms with Gasteiger partial charge in [-0.2, -0.15) is 12.6 Å². The Morgan fingerprint density at radius 1 is 1.26 bits per heavy atom. The van der Waals surface area contributed by atoms with Crippen molar-refractivity contribution in [1.29, 1.82) is 0 Å². The van der Waals surface area contributed by atoms with Crippen LogP contribution in [0.3, 0.4) is 0 Å². The third-order valence-corrected chi connectivity index (χ3v) is 8.58. The van der Waals surface area contributed by atoms with E-state index < -0.39 is 22.8 Å². The van der Waals surface area contributed by atoms with Crippen LogP contribution in [0.25, 0.3) is 0 Å². The Bertz CT molecular complexity index is 609. The first-order chi connectivity index (χ1) is 12.5. The van der Waals surface area contributed by atoms with Crippen LogP contribution in [0.1, 0.15) is 48.0 Å². The molecule has 0 aliphatic carbocycles. The van der Waals surface area contributed by atoms with Crippen LogP contribution in [0.4, 0.5) is 0 Å². The van der Waals surface area contributed by atoms with Gasteiger partial charge in [-0.25, -0.2) is 4.79 Å². The number of hydrogen-bond acceptors (Lipinski definition) is 5. The Labute approximate surface area is 171 Å². The molecule has 2 saturated heterocycles. The van der Waals surface area contributed by atoms with Crippen molar-refractivity contribution in [3.63, 3.8) is 0 Å². The average Bonchev–Trinajstić information content (AvgIpc) is 2.86. The van der Waals surface area contributed by atoms with Gasteiger partial charge in [-0.05, 0) is 38.0 Å². The van der Waals surface area contributed by atoms with Crippen molar-refractivity contribution >= 4 is 42.2 Å². The van der Waals surface area contributed by atoms with Gasteiger partial charge >= 0.3 is 5.97 Å². The summed E-state index contributed by atoms with van der Waals surface area (Å²) in [5.74, 6) is -1.13. The lowest BCUT2D eigenvalue weighted by atomic mass is 9.81. The smallest absolute Gasteiger partial charge is 0.327 e. The number of nitrogens with one attached hydrogen (secondary N) is 1. The molecule has 154 valence electrons. The van der Waals surface area contributed by atoms with Crippen molar-refractivity contribution in [1.82, 2.24) is 10.2 Å². The predicted molar refractivity (Wildman–Crippen MR) is 111 cm³/mol. The van der Waals surface area contributed by atoms with Crippen molar-refractivity contribution < 1.29 is 19.5 Å². The minimum atomic E-state index is -0.996. The Kier molecular flexibility index (Phi) is 6.83. The third kappa shape index (κ3) is 3.97. The average molecular weight is 417 g/mol. The highest BCUT2D eigenvalue weighted by atomic mass is 32.2. The topological polar surface area (TPSA) is 86.7 Å². The van der Waals surface area contributed by atoms with Gasteiger partial charge in [-0.15, -0.1) is 11.8 Å². The Balaban J connectivity index is 2.43. The molecule has 0 spiro atoms. The number of nitrogens with zero attached hydrogens (tertiary/aromatic N) is 1. The largest absolute Gasteiger partial charge is 0.480 e. The van der Waals surface area contributed by atoms with Gasteiger partial charge < -0.3 is 15.3 Å². The summed E-state index contributed by atoms with van der Waals surface area (Å²) >= 11 is 5.79. The predicted octanol–water partition coefficient (Wildman–Crippen LogP) is 2.48. The molecule has 0 radical (unpaired) electrons. The highest BCUT2D eigenvalue weighted by molar-refractivity contribution is 8.01. The molecule has 7 unspecified atom stereocenters. The fourth-order valence-electron chi connectivity index (χ4n) is 4.23. The van der Waals surface area contributed by atoms with Crippen molar-refractivity contribution in [3.05, 3.63) is 0 Å². The number of fused-ring (bicyclic) bond motifs is 1. The van der Waals surface area contributed by atoms with Gasteiger partial charge in [0.2, 0.25) is 11.8 Å². The van der Waals surface area contributed by atoms with E-state index in [1.807, 2.05) is 27.7 Å². The second-order valence-corrected chi connectivity index (χ2v) is 10.6. The number of carbonyl (C=O) groups excluding carboxylic acids is 2. The lowest BCUT2D eigenvalue weighted by Gasteiger charge is -2.33. The molecule has 0 aromatic heterocycles. The van der Waals surface area contributed by atoms with Gasteiger partial charge in [-0.1, -0.05) is 27.7 Å². The molecule has 2 aliphatic heterocycles. The highest BCUT2D eigenvalue weighted by Gasteiger charge is 2.58. The van der Waals surface area contributed by atoms with Crippen LogP contribution >= 0.6 is 24.4 Å². The summed E-state index contributed by atoms with van der Waals surface area (Å²) < 4.78 is -0.591. The molecular formula is C19H32N2O4S2. The molecule has 2 rings (SSSR count).